The molecule has 0 aromatic heterocycles. The standard InChI is InChI=1S/C10H8F2N2O2/c11-9(12)7-5(3-13)1-2-6(4-14)8(7)10(15)16/h1-2,9H,3,13H2,(H,15,16). The normalized spacial score (nSPS) is 10.2. The highest BCUT2D eigenvalue weighted by molar-refractivity contribution is 5.93. The first-order valence-electron chi connectivity index (χ1n) is 4.30. The topological polar surface area (TPSA) is 87.1 Å². The number of rotatable bonds is 3. The van der Waals surface area contributed by atoms with Crippen molar-refractivity contribution in [1.82, 2.24) is 0 Å². The third kappa shape index (κ3) is 1.99. The molecule has 0 aliphatic rings. The summed E-state index contributed by atoms with van der Waals surface area (Å²) in [6, 6.07) is 3.99. The van der Waals surface area contributed by atoms with Crippen molar-refractivity contribution in [3.63, 3.8) is 0 Å². The fourth-order valence-corrected chi connectivity index (χ4v) is 1.41. The lowest BCUT2D eigenvalue weighted by atomic mass is 9.96. The van der Waals surface area contributed by atoms with Crippen molar-refractivity contribution in [2.45, 2.75) is 13.0 Å². The second-order valence-electron chi connectivity index (χ2n) is 2.98. The quantitative estimate of drug-likeness (QED) is 0.820. The van der Waals surface area contributed by atoms with Gasteiger partial charge in [0.25, 0.3) is 6.43 Å². The predicted molar refractivity (Wildman–Crippen MR) is 51.0 cm³/mol. The lowest BCUT2D eigenvalue weighted by molar-refractivity contribution is 0.0683. The van der Waals surface area contributed by atoms with E-state index >= 15 is 0 Å². The summed E-state index contributed by atoms with van der Waals surface area (Å²) in [5.41, 5.74) is 3.64. The average Bonchev–Trinajstić information content (AvgIpc) is 2.26. The largest absolute Gasteiger partial charge is 0.478 e. The molecular weight excluding hydrogens is 218 g/mol. The third-order valence-electron chi connectivity index (χ3n) is 2.11. The summed E-state index contributed by atoms with van der Waals surface area (Å²) in [4.78, 5) is 10.8. The fraction of sp³-hybridized carbons (Fsp3) is 0.200. The van der Waals surface area contributed by atoms with Gasteiger partial charge in [-0.05, 0) is 11.6 Å². The van der Waals surface area contributed by atoms with Gasteiger partial charge in [0.15, 0.2) is 0 Å². The highest BCUT2D eigenvalue weighted by atomic mass is 19.3. The van der Waals surface area contributed by atoms with Crippen LogP contribution in [0.1, 0.15) is 33.5 Å². The summed E-state index contributed by atoms with van der Waals surface area (Å²) in [5, 5.41) is 17.5. The number of halogens is 2. The molecule has 1 rings (SSSR count). The van der Waals surface area contributed by atoms with Crippen LogP contribution in [0.25, 0.3) is 0 Å². The summed E-state index contributed by atoms with van der Waals surface area (Å²) >= 11 is 0. The van der Waals surface area contributed by atoms with Gasteiger partial charge in [-0.1, -0.05) is 6.07 Å². The molecule has 0 amide bonds. The second kappa shape index (κ2) is 4.68. The highest BCUT2D eigenvalue weighted by Gasteiger charge is 2.24. The van der Waals surface area contributed by atoms with E-state index in [-0.39, 0.29) is 17.7 Å². The zero-order chi connectivity index (χ0) is 12.3. The van der Waals surface area contributed by atoms with Crippen LogP contribution in [0.5, 0.6) is 0 Å². The van der Waals surface area contributed by atoms with E-state index in [9.17, 15) is 13.6 Å². The van der Waals surface area contributed by atoms with Gasteiger partial charge < -0.3 is 10.8 Å². The zero-order valence-electron chi connectivity index (χ0n) is 8.08. The minimum absolute atomic E-state index is 0.0337. The van der Waals surface area contributed by atoms with Crippen LogP contribution in [0.2, 0.25) is 0 Å². The Bertz CT molecular complexity index is 467. The van der Waals surface area contributed by atoms with Gasteiger partial charge in [0.05, 0.1) is 11.1 Å². The van der Waals surface area contributed by atoms with Crippen LogP contribution in [-0.4, -0.2) is 11.1 Å². The Morgan fingerprint density at radius 3 is 2.56 bits per heavy atom. The molecule has 4 nitrogen and oxygen atoms in total. The number of nitrogens with zero attached hydrogens (tertiary/aromatic N) is 1. The zero-order valence-corrected chi connectivity index (χ0v) is 8.08. The molecule has 0 fully saturated rings. The molecule has 0 heterocycles. The lowest BCUT2D eigenvalue weighted by Gasteiger charge is -2.11. The number of carboxylic acids is 1. The van der Waals surface area contributed by atoms with E-state index in [0.29, 0.717) is 0 Å². The molecule has 3 N–H and O–H groups in total. The number of hydrogen-bond acceptors (Lipinski definition) is 3. The number of hydrogen-bond donors (Lipinski definition) is 2. The Morgan fingerprint density at radius 1 is 1.56 bits per heavy atom. The summed E-state index contributed by atoms with van der Waals surface area (Å²) in [6.07, 6.45) is -2.97. The van der Waals surface area contributed by atoms with Crippen molar-refractivity contribution in [1.29, 1.82) is 5.26 Å². The molecule has 1 aromatic rings. The first-order chi connectivity index (χ1) is 7.52. The van der Waals surface area contributed by atoms with Crippen molar-refractivity contribution in [2.24, 2.45) is 5.73 Å². The summed E-state index contributed by atoms with van der Waals surface area (Å²) in [6.45, 7) is -0.203. The Hall–Kier alpha value is -2.00. The van der Waals surface area contributed by atoms with E-state index in [1.807, 2.05) is 0 Å². The van der Waals surface area contributed by atoms with Gasteiger partial charge in [0.1, 0.15) is 6.07 Å². The molecule has 0 saturated carbocycles. The van der Waals surface area contributed by atoms with Crippen molar-refractivity contribution in [3.8, 4) is 6.07 Å². The van der Waals surface area contributed by atoms with Crippen molar-refractivity contribution in [2.75, 3.05) is 0 Å². The SMILES string of the molecule is N#Cc1ccc(CN)c(C(F)F)c1C(=O)O. The van der Waals surface area contributed by atoms with E-state index < -0.39 is 23.5 Å². The van der Waals surface area contributed by atoms with Gasteiger partial charge in [0.2, 0.25) is 0 Å². The number of aromatic carboxylic acids is 1. The van der Waals surface area contributed by atoms with E-state index in [4.69, 9.17) is 16.1 Å². The molecule has 0 aliphatic carbocycles. The molecule has 0 aliphatic heterocycles. The van der Waals surface area contributed by atoms with Crippen LogP contribution < -0.4 is 5.73 Å². The van der Waals surface area contributed by atoms with Crippen molar-refractivity contribution >= 4 is 5.97 Å². The molecule has 0 bridgehead atoms. The highest BCUT2D eigenvalue weighted by Crippen LogP contribution is 2.29. The number of benzene rings is 1. The molecule has 84 valence electrons. The first kappa shape index (κ1) is 12.1. The van der Waals surface area contributed by atoms with Crippen LogP contribution >= 0.6 is 0 Å². The molecule has 0 atom stereocenters. The number of carbonyl (C=O) groups is 1. The van der Waals surface area contributed by atoms with E-state index in [0.717, 1.165) is 0 Å². The maximum Gasteiger partial charge on any atom is 0.337 e. The molecule has 1 aromatic carbocycles. The minimum Gasteiger partial charge on any atom is -0.478 e. The van der Waals surface area contributed by atoms with E-state index in [1.54, 1.807) is 6.07 Å². The molecule has 0 spiro atoms. The second-order valence-corrected chi connectivity index (χ2v) is 2.98. The number of nitriles is 1. The van der Waals surface area contributed by atoms with Crippen LogP contribution in [-0.2, 0) is 6.54 Å². The number of carboxylic acid groups (broad SMARTS) is 1. The van der Waals surface area contributed by atoms with Gasteiger partial charge >= 0.3 is 5.97 Å². The van der Waals surface area contributed by atoms with E-state index in [2.05, 4.69) is 0 Å². The van der Waals surface area contributed by atoms with Crippen LogP contribution in [0, 0.1) is 11.3 Å². The van der Waals surface area contributed by atoms with Crippen LogP contribution in [0.15, 0.2) is 12.1 Å². The summed E-state index contributed by atoms with van der Waals surface area (Å²) < 4.78 is 25.4. The molecule has 0 saturated heterocycles. The van der Waals surface area contributed by atoms with Crippen molar-refractivity contribution < 1.29 is 18.7 Å². The van der Waals surface area contributed by atoms with Crippen molar-refractivity contribution in [3.05, 3.63) is 34.4 Å². The third-order valence-corrected chi connectivity index (χ3v) is 2.11. The lowest BCUT2D eigenvalue weighted by Crippen LogP contribution is -2.11. The van der Waals surface area contributed by atoms with Gasteiger partial charge in [-0.25, -0.2) is 13.6 Å². The molecule has 0 unspecified atom stereocenters. The van der Waals surface area contributed by atoms with E-state index in [1.165, 1.54) is 12.1 Å². The van der Waals surface area contributed by atoms with Crippen LogP contribution in [0.4, 0.5) is 8.78 Å². The van der Waals surface area contributed by atoms with Gasteiger partial charge in [-0.15, -0.1) is 0 Å². The summed E-state index contributed by atoms with van der Waals surface area (Å²) in [7, 11) is 0. The number of nitrogens with two attached hydrogens (primary N) is 1. The Labute approximate surface area is 89.9 Å². The minimum atomic E-state index is -2.97. The van der Waals surface area contributed by atoms with Gasteiger partial charge in [-0.2, -0.15) is 5.26 Å². The molecule has 0 radical (unpaired) electrons. The van der Waals surface area contributed by atoms with Crippen LogP contribution in [0.3, 0.4) is 0 Å². The van der Waals surface area contributed by atoms with Gasteiger partial charge in [-0.3, -0.25) is 0 Å². The molecule has 6 heteroatoms. The summed E-state index contributed by atoms with van der Waals surface area (Å²) in [5.74, 6) is -1.55. The predicted octanol–water partition coefficient (Wildman–Crippen LogP) is 1.65. The molecular formula is C10H8F2N2O2. The maximum atomic E-state index is 12.7. The Morgan fingerprint density at radius 2 is 2.19 bits per heavy atom. The first-order valence-corrected chi connectivity index (χ1v) is 4.30. The average molecular weight is 226 g/mol. The smallest absolute Gasteiger partial charge is 0.337 e. The Balaban J connectivity index is 3.61. The maximum absolute atomic E-state index is 12.7. The number of alkyl halides is 2. The fourth-order valence-electron chi connectivity index (χ4n) is 1.41. The molecule has 16 heavy (non-hydrogen) atoms. The van der Waals surface area contributed by atoms with Gasteiger partial charge in [0, 0.05) is 12.1 Å². The monoisotopic (exact) mass is 226 g/mol. The Kier molecular flexibility index (Phi) is 3.53.